The molecule has 6 nitrogen and oxygen atoms in total. The highest BCUT2D eigenvalue weighted by Gasteiger charge is 2.31. The summed E-state index contributed by atoms with van der Waals surface area (Å²) in [5.41, 5.74) is 3.00. The molecule has 0 radical (unpaired) electrons. The number of hydrogen-bond acceptors (Lipinski definition) is 5. The van der Waals surface area contributed by atoms with Crippen LogP contribution in [0.5, 0.6) is 5.75 Å². The van der Waals surface area contributed by atoms with Gasteiger partial charge in [-0.2, -0.15) is 0 Å². The summed E-state index contributed by atoms with van der Waals surface area (Å²) < 4.78 is 40.8. The number of ether oxygens (including phenoxy) is 1. The molecular formula is C21H19F3N4O2. The smallest absolute Gasteiger partial charge is 0.406 e. The number of alkyl halides is 3. The van der Waals surface area contributed by atoms with Crippen molar-refractivity contribution in [1.82, 2.24) is 19.9 Å². The molecular weight excluding hydrogens is 397 g/mol. The summed E-state index contributed by atoms with van der Waals surface area (Å²) >= 11 is 0. The Hall–Kier alpha value is -3.20. The van der Waals surface area contributed by atoms with Crippen molar-refractivity contribution in [1.29, 1.82) is 0 Å². The molecule has 9 heteroatoms. The van der Waals surface area contributed by atoms with Gasteiger partial charge in [-0.25, -0.2) is 4.98 Å². The first kappa shape index (κ1) is 20.1. The summed E-state index contributed by atoms with van der Waals surface area (Å²) in [7, 11) is 0. The highest BCUT2D eigenvalue weighted by molar-refractivity contribution is 5.54. The van der Waals surface area contributed by atoms with Gasteiger partial charge in [0.05, 0.1) is 5.69 Å². The van der Waals surface area contributed by atoms with Crippen LogP contribution in [0, 0.1) is 0 Å². The van der Waals surface area contributed by atoms with Crippen LogP contribution >= 0.6 is 0 Å². The second kappa shape index (κ2) is 8.27. The molecule has 0 bridgehead atoms. The van der Waals surface area contributed by atoms with Crippen LogP contribution in [0.15, 0.2) is 53.6 Å². The minimum absolute atomic E-state index is 0.137. The van der Waals surface area contributed by atoms with E-state index in [0.29, 0.717) is 43.9 Å². The molecule has 1 aromatic carbocycles. The van der Waals surface area contributed by atoms with E-state index in [0.717, 1.165) is 16.8 Å². The summed E-state index contributed by atoms with van der Waals surface area (Å²) in [4.78, 5) is 26.2. The third kappa shape index (κ3) is 4.85. The molecule has 0 fully saturated rings. The van der Waals surface area contributed by atoms with Gasteiger partial charge in [-0.3, -0.25) is 14.7 Å². The van der Waals surface area contributed by atoms with Crippen molar-refractivity contribution in [2.45, 2.75) is 25.7 Å². The predicted molar refractivity (Wildman–Crippen MR) is 104 cm³/mol. The normalized spacial score (nSPS) is 14.8. The molecule has 2 aromatic heterocycles. The van der Waals surface area contributed by atoms with Gasteiger partial charge in [-0.1, -0.05) is 12.1 Å². The third-order valence-corrected chi connectivity index (χ3v) is 4.96. The van der Waals surface area contributed by atoms with E-state index >= 15 is 0 Å². The summed E-state index contributed by atoms with van der Waals surface area (Å²) in [6.07, 6.45) is -0.231. The highest BCUT2D eigenvalue weighted by atomic mass is 19.4. The van der Waals surface area contributed by atoms with Crippen molar-refractivity contribution in [3.63, 3.8) is 0 Å². The fourth-order valence-corrected chi connectivity index (χ4v) is 3.51. The topological polar surface area (TPSA) is 71.1 Å². The van der Waals surface area contributed by atoms with Gasteiger partial charge >= 0.3 is 6.36 Å². The summed E-state index contributed by atoms with van der Waals surface area (Å²) in [6.45, 7) is 1.92. The maximum absolute atomic E-state index is 12.6. The van der Waals surface area contributed by atoms with Crippen molar-refractivity contribution in [2.24, 2.45) is 0 Å². The third-order valence-electron chi connectivity index (χ3n) is 4.96. The van der Waals surface area contributed by atoms with E-state index in [-0.39, 0.29) is 11.3 Å². The Kier molecular flexibility index (Phi) is 5.54. The Morgan fingerprint density at radius 3 is 2.43 bits per heavy atom. The minimum atomic E-state index is -4.70. The molecule has 0 amide bonds. The molecule has 1 N–H and O–H groups in total. The number of H-pyrrole nitrogens is 1. The number of aromatic nitrogens is 3. The molecule has 0 unspecified atom stereocenters. The highest BCUT2D eigenvalue weighted by Crippen LogP contribution is 2.23. The zero-order valence-corrected chi connectivity index (χ0v) is 15.9. The summed E-state index contributed by atoms with van der Waals surface area (Å²) in [6, 6.07) is 9.43. The Morgan fingerprint density at radius 2 is 1.73 bits per heavy atom. The van der Waals surface area contributed by atoms with Crippen LogP contribution in [0.2, 0.25) is 0 Å². The Morgan fingerprint density at radius 1 is 1.03 bits per heavy atom. The molecule has 0 saturated heterocycles. The SMILES string of the molecule is O=c1[nH]c(-c2ccncc2)nc2c1CCN(Cc1ccc(OC(F)(F)F)cc1)CC2. The molecule has 0 aliphatic carbocycles. The largest absolute Gasteiger partial charge is 0.573 e. The van der Waals surface area contributed by atoms with Crippen LogP contribution in [0.3, 0.4) is 0 Å². The second-order valence-electron chi connectivity index (χ2n) is 7.04. The number of pyridine rings is 1. The lowest BCUT2D eigenvalue weighted by molar-refractivity contribution is -0.274. The Balaban J connectivity index is 1.45. The van der Waals surface area contributed by atoms with Crippen LogP contribution in [-0.4, -0.2) is 39.3 Å². The van der Waals surface area contributed by atoms with E-state index < -0.39 is 6.36 Å². The first-order chi connectivity index (χ1) is 14.4. The number of rotatable bonds is 4. The fraction of sp³-hybridized carbons (Fsp3) is 0.286. The van der Waals surface area contributed by atoms with E-state index in [1.54, 1.807) is 36.7 Å². The van der Waals surface area contributed by atoms with Gasteiger partial charge in [-0.05, 0) is 36.2 Å². The molecule has 0 spiro atoms. The van der Waals surface area contributed by atoms with Crippen molar-refractivity contribution >= 4 is 0 Å². The average molecular weight is 416 g/mol. The Labute approximate surface area is 170 Å². The summed E-state index contributed by atoms with van der Waals surface area (Å²) in [5.74, 6) is 0.281. The van der Waals surface area contributed by atoms with E-state index in [4.69, 9.17) is 0 Å². The van der Waals surface area contributed by atoms with Gasteiger partial charge in [0, 0.05) is 49.6 Å². The maximum atomic E-state index is 12.6. The maximum Gasteiger partial charge on any atom is 0.573 e. The van der Waals surface area contributed by atoms with E-state index in [1.807, 2.05) is 0 Å². The number of halogens is 3. The number of fused-ring (bicyclic) bond motifs is 1. The fourth-order valence-electron chi connectivity index (χ4n) is 3.51. The van der Waals surface area contributed by atoms with Gasteiger partial charge < -0.3 is 9.72 Å². The quantitative estimate of drug-likeness (QED) is 0.707. The van der Waals surface area contributed by atoms with Gasteiger partial charge in [0.1, 0.15) is 11.6 Å². The molecule has 0 atom stereocenters. The first-order valence-corrected chi connectivity index (χ1v) is 9.47. The van der Waals surface area contributed by atoms with Crippen LogP contribution in [0.25, 0.3) is 11.4 Å². The number of hydrogen-bond donors (Lipinski definition) is 1. The van der Waals surface area contributed by atoms with Gasteiger partial charge in [-0.15, -0.1) is 13.2 Å². The van der Waals surface area contributed by atoms with Crippen LogP contribution in [-0.2, 0) is 19.4 Å². The molecule has 4 rings (SSSR count). The molecule has 0 saturated carbocycles. The molecule has 156 valence electrons. The number of nitrogens with one attached hydrogen (secondary N) is 1. The number of aromatic amines is 1. The first-order valence-electron chi connectivity index (χ1n) is 9.47. The summed E-state index contributed by atoms with van der Waals surface area (Å²) in [5, 5.41) is 0. The van der Waals surface area contributed by atoms with Crippen LogP contribution in [0.1, 0.15) is 16.8 Å². The van der Waals surface area contributed by atoms with Crippen LogP contribution in [0.4, 0.5) is 13.2 Å². The van der Waals surface area contributed by atoms with Gasteiger partial charge in [0.2, 0.25) is 0 Å². The van der Waals surface area contributed by atoms with Crippen molar-refractivity contribution < 1.29 is 17.9 Å². The van der Waals surface area contributed by atoms with Gasteiger partial charge in [0.15, 0.2) is 0 Å². The molecule has 3 heterocycles. The number of nitrogens with zero attached hydrogens (tertiary/aromatic N) is 3. The lowest BCUT2D eigenvalue weighted by Crippen LogP contribution is -2.26. The molecule has 30 heavy (non-hydrogen) atoms. The van der Waals surface area contributed by atoms with E-state index in [2.05, 4.69) is 24.6 Å². The Bertz CT molecular complexity index is 1070. The second-order valence-corrected chi connectivity index (χ2v) is 7.04. The lowest BCUT2D eigenvalue weighted by Gasteiger charge is -2.19. The van der Waals surface area contributed by atoms with E-state index in [1.165, 1.54) is 12.1 Å². The minimum Gasteiger partial charge on any atom is -0.406 e. The molecule has 1 aliphatic rings. The molecule has 3 aromatic rings. The van der Waals surface area contributed by atoms with Gasteiger partial charge in [0.25, 0.3) is 5.56 Å². The van der Waals surface area contributed by atoms with E-state index in [9.17, 15) is 18.0 Å². The molecule has 1 aliphatic heterocycles. The average Bonchev–Trinajstić information content (AvgIpc) is 2.92. The van der Waals surface area contributed by atoms with Crippen molar-refractivity contribution in [3.05, 3.63) is 76.0 Å². The number of benzene rings is 1. The zero-order chi connectivity index (χ0) is 21.1. The lowest BCUT2D eigenvalue weighted by atomic mass is 10.1. The zero-order valence-electron chi connectivity index (χ0n) is 15.9. The predicted octanol–water partition coefficient (Wildman–Crippen LogP) is 3.33. The monoisotopic (exact) mass is 416 g/mol. The van der Waals surface area contributed by atoms with Crippen LogP contribution < -0.4 is 10.3 Å². The standard InChI is InChI=1S/C21H19F3N4O2/c22-21(23,24)30-16-3-1-14(2-4-16)13-28-11-7-17-18(8-12-28)26-19(27-20(17)29)15-5-9-25-10-6-15/h1-6,9-10H,7-8,11-13H2,(H,26,27,29). The van der Waals surface area contributed by atoms with Crippen molar-refractivity contribution in [2.75, 3.05) is 13.1 Å². The van der Waals surface area contributed by atoms with Crippen molar-refractivity contribution in [3.8, 4) is 17.1 Å².